The first-order chi connectivity index (χ1) is 13.0. The Morgan fingerprint density at radius 2 is 2.15 bits per heavy atom. The molecule has 1 atom stereocenters. The number of carbonyl (C=O) groups excluding carboxylic acids is 1. The number of fused-ring (bicyclic) bond motifs is 1. The number of rotatable bonds is 4. The van der Waals surface area contributed by atoms with Crippen molar-refractivity contribution in [1.82, 2.24) is 20.3 Å². The highest BCUT2D eigenvalue weighted by Crippen LogP contribution is 2.29. The van der Waals surface area contributed by atoms with Crippen molar-refractivity contribution in [3.8, 4) is 6.07 Å². The maximum absolute atomic E-state index is 12.4. The Labute approximate surface area is 160 Å². The van der Waals surface area contributed by atoms with Crippen molar-refractivity contribution in [2.45, 2.75) is 13.0 Å². The maximum Gasteiger partial charge on any atom is 0.252 e. The van der Waals surface area contributed by atoms with Gasteiger partial charge in [0.25, 0.3) is 5.91 Å². The number of benzene rings is 1. The van der Waals surface area contributed by atoms with Crippen molar-refractivity contribution < 1.29 is 4.79 Å². The van der Waals surface area contributed by atoms with Gasteiger partial charge >= 0.3 is 0 Å². The van der Waals surface area contributed by atoms with E-state index < -0.39 is 6.04 Å². The first-order valence-electron chi connectivity index (χ1n) is 8.04. The molecule has 27 heavy (non-hydrogen) atoms. The standard InChI is InChI=1S/C18H16ClN7O/c1-9(25-17-12(7-20)16(21)23-8-24-17)14-11(18(27)22-2)6-10-4-3-5-13(19)15(10)26-14/h3-6,8-9H,1-2H3,(H,22,27)(H3,21,23,24,25)/t9-/m0/s1. The highest BCUT2D eigenvalue weighted by molar-refractivity contribution is 6.35. The van der Waals surface area contributed by atoms with Gasteiger partial charge in [0, 0.05) is 12.4 Å². The van der Waals surface area contributed by atoms with Crippen LogP contribution in [0.4, 0.5) is 11.6 Å². The minimum atomic E-state index is -0.459. The largest absolute Gasteiger partial charge is 0.382 e. The molecular weight excluding hydrogens is 366 g/mol. The Bertz CT molecular complexity index is 1080. The zero-order valence-electron chi connectivity index (χ0n) is 14.6. The van der Waals surface area contributed by atoms with Crippen LogP contribution in [0.1, 0.15) is 34.6 Å². The molecule has 1 amide bonds. The Balaban J connectivity index is 2.12. The molecule has 0 aliphatic carbocycles. The fraction of sp³-hybridized carbons (Fsp3) is 0.167. The van der Waals surface area contributed by atoms with E-state index in [4.69, 9.17) is 17.3 Å². The third-order valence-corrected chi connectivity index (χ3v) is 4.35. The number of anilines is 2. The van der Waals surface area contributed by atoms with Gasteiger partial charge in [0.1, 0.15) is 29.6 Å². The zero-order chi connectivity index (χ0) is 19.6. The summed E-state index contributed by atoms with van der Waals surface area (Å²) in [6, 6.07) is 8.62. The predicted octanol–water partition coefficient (Wildman–Crippen LogP) is 2.66. The molecule has 0 aliphatic heterocycles. The number of pyridine rings is 1. The highest BCUT2D eigenvalue weighted by atomic mass is 35.5. The van der Waals surface area contributed by atoms with Crippen molar-refractivity contribution in [1.29, 1.82) is 5.26 Å². The molecule has 0 spiro atoms. The minimum Gasteiger partial charge on any atom is -0.382 e. The third kappa shape index (κ3) is 3.45. The summed E-state index contributed by atoms with van der Waals surface area (Å²) in [5, 5.41) is 16.2. The van der Waals surface area contributed by atoms with Crippen molar-refractivity contribution in [3.63, 3.8) is 0 Å². The molecule has 2 aromatic heterocycles. The van der Waals surface area contributed by atoms with E-state index in [9.17, 15) is 10.1 Å². The molecule has 0 bridgehead atoms. The molecule has 3 rings (SSSR count). The monoisotopic (exact) mass is 381 g/mol. The van der Waals surface area contributed by atoms with E-state index in [1.165, 1.54) is 6.33 Å². The van der Waals surface area contributed by atoms with Gasteiger partial charge in [0.05, 0.1) is 27.8 Å². The zero-order valence-corrected chi connectivity index (χ0v) is 15.4. The van der Waals surface area contributed by atoms with E-state index in [0.29, 0.717) is 21.8 Å². The van der Waals surface area contributed by atoms with Gasteiger partial charge in [-0.1, -0.05) is 23.7 Å². The summed E-state index contributed by atoms with van der Waals surface area (Å²) in [6.45, 7) is 1.80. The van der Waals surface area contributed by atoms with Gasteiger partial charge in [0.15, 0.2) is 0 Å². The summed E-state index contributed by atoms with van der Waals surface area (Å²) in [6.07, 6.45) is 1.26. The molecule has 1 aromatic carbocycles. The van der Waals surface area contributed by atoms with Crippen LogP contribution in [0.2, 0.25) is 5.02 Å². The lowest BCUT2D eigenvalue weighted by Crippen LogP contribution is -2.23. The van der Waals surface area contributed by atoms with E-state index >= 15 is 0 Å². The van der Waals surface area contributed by atoms with Crippen LogP contribution in [-0.4, -0.2) is 27.9 Å². The summed E-state index contributed by atoms with van der Waals surface area (Å²) in [4.78, 5) is 24.9. The van der Waals surface area contributed by atoms with Gasteiger partial charge in [-0.05, 0) is 19.1 Å². The molecule has 8 nitrogen and oxygen atoms in total. The molecule has 4 N–H and O–H groups in total. The van der Waals surface area contributed by atoms with Gasteiger partial charge in [-0.25, -0.2) is 15.0 Å². The van der Waals surface area contributed by atoms with Crippen molar-refractivity contribution in [3.05, 3.63) is 52.4 Å². The Hall–Kier alpha value is -3.44. The first-order valence-corrected chi connectivity index (χ1v) is 8.42. The molecule has 0 aliphatic rings. The van der Waals surface area contributed by atoms with Gasteiger partial charge in [-0.2, -0.15) is 5.26 Å². The van der Waals surface area contributed by atoms with Crippen LogP contribution >= 0.6 is 11.6 Å². The second-order valence-electron chi connectivity index (χ2n) is 5.77. The number of aromatic nitrogens is 3. The number of hydrogen-bond donors (Lipinski definition) is 3. The van der Waals surface area contributed by atoms with E-state index in [1.807, 2.05) is 12.1 Å². The molecule has 0 unspecified atom stereocenters. The van der Waals surface area contributed by atoms with E-state index in [-0.39, 0.29) is 23.1 Å². The third-order valence-electron chi connectivity index (χ3n) is 4.05. The average Bonchev–Trinajstić information content (AvgIpc) is 2.67. The van der Waals surface area contributed by atoms with Crippen LogP contribution in [0.25, 0.3) is 10.9 Å². The quantitative estimate of drug-likeness (QED) is 0.633. The number of halogens is 1. The number of carbonyl (C=O) groups is 1. The van der Waals surface area contributed by atoms with Crippen LogP contribution in [-0.2, 0) is 0 Å². The topological polar surface area (TPSA) is 130 Å². The summed E-state index contributed by atoms with van der Waals surface area (Å²) < 4.78 is 0. The maximum atomic E-state index is 12.4. The van der Waals surface area contributed by atoms with Crippen LogP contribution in [0.3, 0.4) is 0 Å². The number of amides is 1. The molecular formula is C18H16ClN7O. The van der Waals surface area contributed by atoms with Crippen LogP contribution < -0.4 is 16.4 Å². The van der Waals surface area contributed by atoms with Gasteiger partial charge in [0.2, 0.25) is 0 Å². The number of nitrogen functional groups attached to an aromatic ring is 1. The minimum absolute atomic E-state index is 0.0724. The molecule has 0 radical (unpaired) electrons. The second-order valence-corrected chi connectivity index (χ2v) is 6.18. The summed E-state index contributed by atoms with van der Waals surface area (Å²) in [5.74, 6) is 0.0559. The molecule has 0 saturated carbocycles. The smallest absolute Gasteiger partial charge is 0.252 e. The summed E-state index contributed by atoms with van der Waals surface area (Å²) >= 11 is 6.26. The lowest BCUT2D eigenvalue weighted by molar-refractivity contribution is 0.0961. The molecule has 2 heterocycles. The number of para-hydroxylation sites is 1. The molecule has 0 fully saturated rings. The lowest BCUT2D eigenvalue weighted by atomic mass is 10.0. The lowest BCUT2D eigenvalue weighted by Gasteiger charge is -2.19. The van der Waals surface area contributed by atoms with E-state index in [1.54, 1.807) is 32.2 Å². The Morgan fingerprint density at radius 1 is 1.37 bits per heavy atom. The Morgan fingerprint density at radius 3 is 2.85 bits per heavy atom. The van der Waals surface area contributed by atoms with Crippen molar-refractivity contribution in [2.24, 2.45) is 0 Å². The average molecular weight is 382 g/mol. The number of nitrogens with two attached hydrogens (primary N) is 1. The Kier molecular flexibility index (Phi) is 5.05. The van der Waals surface area contributed by atoms with Crippen molar-refractivity contribution in [2.75, 3.05) is 18.1 Å². The van der Waals surface area contributed by atoms with Gasteiger partial charge in [-0.15, -0.1) is 0 Å². The van der Waals surface area contributed by atoms with Gasteiger partial charge in [-0.3, -0.25) is 4.79 Å². The number of nitriles is 1. The number of hydrogen-bond acceptors (Lipinski definition) is 7. The van der Waals surface area contributed by atoms with E-state index in [2.05, 4.69) is 25.6 Å². The molecule has 3 aromatic rings. The van der Waals surface area contributed by atoms with Crippen LogP contribution in [0.5, 0.6) is 0 Å². The van der Waals surface area contributed by atoms with Crippen molar-refractivity contribution >= 4 is 40.0 Å². The van der Waals surface area contributed by atoms with Gasteiger partial charge < -0.3 is 16.4 Å². The summed E-state index contributed by atoms with van der Waals surface area (Å²) in [5.41, 5.74) is 7.31. The predicted molar refractivity (Wildman–Crippen MR) is 103 cm³/mol. The number of nitrogens with one attached hydrogen (secondary N) is 2. The summed E-state index contributed by atoms with van der Waals surface area (Å²) in [7, 11) is 1.55. The highest BCUT2D eigenvalue weighted by Gasteiger charge is 2.21. The van der Waals surface area contributed by atoms with E-state index in [0.717, 1.165) is 5.39 Å². The normalized spacial score (nSPS) is 11.6. The molecule has 0 saturated heterocycles. The SMILES string of the molecule is CNC(=O)c1cc2cccc(Cl)c2nc1[C@H](C)Nc1ncnc(N)c1C#N. The van der Waals surface area contributed by atoms with Crippen LogP contribution in [0.15, 0.2) is 30.6 Å². The second kappa shape index (κ2) is 7.43. The van der Waals surface area contributed by atoms with Crippen LogP contribution in [0, 0.1) is 11.3 Å². The first kappa shape index (κ1) is 18.4. The fourth-order valence-corrected chi connectivity index (χ4v) is 2.94. The fourth-order valence-electron chi connectivity index (χ4n) is 2.72. The number of nitrogens with zero attached hydrogens (tertiary/aromatic N) is 4. The molecule has 136 valence electrons. The molecule has 9 heteroatoms.